The quantitative estimate of drug-likeness (QED) is 0.377. The summed E-state index contributed by atoms with van der Waals surface area (Å²) in [4.78, 5) is 26.9. The Morgan fingerprint density at radius 2 is 1.95 bits per heavy atom. The molecule has 0 spiro atoms. The predicted octanol–water partition coefficient (Wildman–Crippen LogP) is 3.23. The highest BCUT2D eigenvalue weighted by molar-refractivity contribution is 7.86. The Hall–Kier alpha value is -2.89. The molecule has 0 saturated heterocycles. The molecule has 2 aliphatic rings. The molecule has 0 radical (unpaired) electrons. The second kappa shape index (κ2) is 11.7. The number of fused-ring (bicyclic) bond motifs is 1. The van der Waals surface area contributed by atoms with Gasteiger partial charge in [-0.05, 0) is 55.4 Å². The van der Waals surface area contributed by atoms with Crippen LogP contribution in [0.1, 0.15) is 78.4 Å². The van der Waals surface area contributed by atoms with Crippen LogP contribution in [0.15, 0.2) is 41.2 Å². The standard InChI is InChI=1S/C26H36N4O6S/c1-29(37(27,34)35)13-6-5-12-28-23(31)16-30-22-15-19(26(32)33)9-10-21(22)24(18-7-3-2-4-8-18)25(30)20-11-14-36-17-20/h9-11,14-15,17-18,24-25H,2-8,12-13,16H2,1H3,(H,28,31)(H,32,33)(H2,27,34,35). The Bertz CT molecular complexity index is 1190. The summed E-state index contributed by atoms with van der Waals surface area (Å²) in [5.74, 6) is -0.605. The number of unbranched alkanes of at least 4 members (excludes halogenated alkanes) is 1. The maximum absolute atomic E-state index is 13.1. The number of nitrogens with one attached hydrogen (secondary N) is 1. The Balaban J connectivity index is 1.52. The van der Waals surface area contributed by atoms with Crippen LogP contribution in [0.25, 0.3) is 0 Å². The third-order valence-electron chi connectivity index (χ3n) is 7.63. The summed E-state index contributed by atoms with van der Waals surface area (Å²) in [5, 5.41) is 17.7. The van der Waals surface area contributed by atoms with Crippen LogP contribution in [-0.4, -0.2) is 56.4 Å². The summed E-state index contributed by atoms with van der Waals surface area (Å²) in [6, 6.07) is 7.06. The lowest BCUT2D eigenvalue weighted by Crippen LogP contribution is -2.39. The number of furan rings is 1. The third kappa shape index (κ3) is 6.34. The van der Waals surface area contributed by atoms with E-state index >= 15 is 0 Å². The highest BCUT2D eigenvalue weighted by Gasteiger charge is 2.44. The van der Waals surface area contributed by atoms with Crippen molar-refractivity contribution in [2.75, 3.05) is 31.6 Å². The van der Waals surface area contributed by atoms with Crippen LogP contribution < -0.4 is 15.4 Å². The Morgan fingerprint density at radius 3 is 2.59 bits per heavy atom. The van der Waals surface area contributed by atoms with E-state index < -0.39 is 16.2 Å². The number of amides is 1. The van der Waals surface area contributed by atoms with Gasteiger partial charge >= 0.3 is 5.97 Å². The molecule has 2 atom stereocenters. The third-order valence-corrected chi connectivity index (χ3v) is 8.69. The zero-order chi connectivity index (χ0) is 26.6. The first-order valence-electron chi connectivity index (χ1n) is 12.8. The van der Waals surface area contributed by atoms with Gasteiger partial charge in [0.1, 0.15) is 0 Å². The SMILES string of the molecule is CN(CCCCNC(=O)CN1c2cc(C(=O)O)ccc2C(C2CCCCC2)C1c1ccoc1)S(N)(=O)=O. The van der Waals surface area contributed by atoms with Crippen LogP contribution in [0.3, 0.4) is 0 Å². The number of carbonyl (C=O) groups excluding carboxylic acids is 1. The van der Waals surface area contributed by atoms with Gasteiger partial charge in [-0.3, -0.25) is 4.79 Å². The number of hydrogen-bond acceptors (Lipinski definition) is 6. The van der Waals surface area contributed by atoms with Crippen molar-refractivity contribution < 1.29 is 27.5 Å². The van der Waals surface area contributed by atoms with Gasteiger partial charge in [-0.1, -0.05) is 25.3 Å². The molecule has 11 heteroatoms. The highest BCUT2D eigenvalue weighted by atomic mass is 32.2. The summed E-state index contributed by atoms with van der Waals surface area (Å²) in [5.41, 5.74) is 3.04. The summed E-state index contributed by atoms with van der Waals surface area (Å²) in [6.07, 6.45) is 10.3. The summed E-state index contributed by atoms with van der Waals surface area (Å²) in [6.45, 7) is 0.750. The van der Waals surface area contributed by atoms with Crippen LogP contribution >= 0.6 is 0 Å². The van der Waals surface area contributed by atoms with Crippen molar-refractivity contribution in [1.82, 2.24) is 9.62 Å². The van der Waals surface area contributed by atoms with Crippen molar-refractivity contribution in [2.24, 2.45) is 11.1 Å². The topological polar surface area (TPSA) is 146 Å². The van der Waals surface area contributed by atoms with E-state index in [1.807, 2.05) is 17.0 Å². The van der Waals surface area contributed by atoms with Crippen molar-refractivity contribution >= 4 is 27.8 Å². The molecule has 4 N–H and O–H groups in total. The molecule has 4 rings (SSSR count). The number of hydrogen-bond donors (Lipinski definition) is 3. The monoisotopic (exact) mass is 532 g/mol. The molecule has 1 aromatic heterocycles. The van der Waals surface area contributed by atoms with Gasteiger partial charge in [0.15, 0.2) is 0 Å². The number of carbonyl (C=O) groups is 2. The maximum Gasteiger partial charge on any atom is 0.335 e. The van der Waals surface area contributed by atoms with E-state index in [1.165, 1.54) is 26.3 Å². The van der Waals surface area contributed by atoms with E-state index in [-0.39, 0.29) is 36.5 Å². The lowest BCUT2D eigenvalue weighted by Gasteiger charge is -2.35. The zero-order valence-corrected chi connectivity index (χ0v) is 22.0. The van der Waals surface area contributed by atoms with Crippen LogP contribution in [-0.2, 0) is 15.0 Å². The van der Waals surface area contributed by atoms with Gasteiger partial charge in [0.05, 0.1) is 30.7 Å². The van der Waals surface area contributed by atoms with E-state index in [4.69, 9.17) is 9.56 Å². The minimum absolute atomic E-state index is 0.0756. The summed E-state index contributed by atoms with van der Waals surface area (Å²) < 4.78 is 29.1. The molecule has 2 unspecified atom stereocenters. The van der Waals surface area contributed by atoms with Gasteiger partial charge in [-0.2, -0.15) is 12.7 Å². The molecule has 1 aliphatic heterocycles. The summed E-state index contributed by atoms with van der Waals surface area (Å²) >= 11 is 0. The maximum atomic E-state index is 13.1. The molecule has 1 aliphatic carbocycles. The minimum atomic E-state index is -3.71. The molecule has 1 fully saturated rings. The molecule has 1 aromatic carbocycles. The average Bonchev–Trinajstić information content (AvgIpc) is 3.49. The van der Waals surface area contributed by atoms with Gasteiger partial charge in [0.2, 0.25) is 5.91 Å². The van der Waals surface area contributed by atoms with Crippen molar-refractivity contribution in [2.45, 2.75) is 56.9 Å². The minimum Gasteiger partial charge on any atom is -0.478 e. The molecular formula is C26H36N4O6S. The number of nitrogens with two attached hydrogens (primary N) is 1. The molecule has 10 nitrogen and oxygen atoms in total. The highest BCUT2D eigenvalue weighted by Crippen LogP contribution is 2.55. The Labute approximate surface area is 218 Å². The van der Waals surface area contributed by atoms with Crippen molar-refractivity contribution in [1.29, 1.82) is 0 Å². The number of aromatic carboxylic acids is 1. The van der Waals surface area contributed by atoms with E-state index in [2.05, 4.69) is 5.32 Å². The molecule has 1 saturated carbocycles. The molecule has 1 amide bonds. The van der Waals surface area contributed by atoms with Gasteiger partial charge in [0.25, 0.3) is 10.2 Å². The fraction of sp³-hybridized carbons (Fsp3) is 0.538. The fourth-order valence-electron chi connectivity index (χ4n) is 5.77. The Morgan fingerprint density at radius 1 is 1.19 bits per heavy atom. The molecule has 0 bridgehead atoms. The number of benzene rings is 1. The number of nitrogens with zero attached hydrogens (tertiary/aromatic N) is 2. The molecule has 202 valence electrons. The molecule has 2 heterocycles. The van der Waals surface area contributed by atoms with E-state index in [1.54, 1.807) is 24.7 Å². The van der Waals surface area contributed by atoms with Crippen molar-refractivity contribution in [3.63, 3.8) is 0 Å². The van der Waals surface area contributed by atoms with E-state index in [0.717, 1.165) is 34.0 Å². The lowest BCUT2D eigenvalue weighted by molar-refractivity contribution is -0.119. The van der Waals surface area contributed by atoms with Crippen LogP contribution in [0.4, 0.5) is 5.69 Å². The van der Waals surface area contributed by atoms with Crippen LogP contribution in [0.2, 0.25) is 0 Å². The molecule has 37 heavy (non-hydrogen) atoms. The zero-order valence-electron chi connectivity index (χ0n) is 21.1. The van der Waals surface area contributed by atoms with E-state index in [9.17, 15) is 23.1 Å². The first-order valence-corrected chi connectivity index (χ1v) is 14.3. The first-order chi connectivity index (χ1) is 17.7. The number of anilines is 1. The lowest BCUT2D eigenvalue weighted by atomic mass is 9.73. The van der Waals surface area contributed by atoms with Gasteiger partial charge in [-0.25, -0.2) is 9.93 Å². The van der Waals surface area contributed by atoms with Crippen molar-refractivity contribution in [3.05, 3.63) is 53.5 Å². The second-order valence-electron chi connectivity index (χ2n) is 10.1. The average molecular weight is 533 g/mol. The van der Waals surface area contributed by atoms with Crippen LogP contribution in [0.5, 0.6) is 0 Å². The van der Waals surface area contributed by atoms with E-state index in [0.29, 0.717) is 25.3 Å². The molecule has 2 aromatic rings. The number of carboxylic acid groups (broad SMARTS) is 1. The summed E-state index contributed by atoms with van der Waals surface area (Å²) in [7, 11) is -2.29. The number of rotatable bonds is 11. The van der Waals surface area contributed by atoms with Gasteiger partial charge < -0.3 is 19.7 Å². The largest absolute Gasteiger partial charge is 0.478 e. The van der Waals surface area contributed by atoms with Gasteiger partial charge in [0, 0.05) is 37.3 Å². The normalized spacial score (nSPS) is 20.2. The van der Waals surface area contributed by atoms with Crippen LogP contribution in [0, 0.1) is 5.92 Å². The van der Waals surface area contributed by atoms with Gasteiger partial charge in [-0.15, -0.1) is 0 Å². The second-order valence-corrected chi connectivity index (χ2v) is 11.7. The smallest absolute Gasteiger partial charge is 0.335 e. The molecular weight excluding hydrogens is 496 g/mol. The predicted molar refractivity (Wildman–Crippen MR) is 139 cm³/mol. The number of carboxylic acids is 1. The first kappa shape index (κ1) is 27.2. The Kier molecular flexibility index (Phi) is 8.56. The fourth-order valence-corrected chi connectivity index (χ4v) is 6.15. The van der Waals surface area contributed by atoms with Crippen molar-refractivity contribution in [3.8, 4) is 0 Å².